The fraction of sp³-hybridized carbons (Fsp3) is 0.417. The molecule has 0 amide bonds. The van der Waals surface area contributed by atoms with Crippen molar-refractivity contribution >= 4 is 17.6 Å². The fourth-order valence-electron chi connectivity index (χ4n) is 1.72. The Morgan fingerprint density at radius 3 is 2.41 bits per heavy atom. The molecule has 1 aromatic carbocycles. The Morgan fingerprint density at radius 1 is 1.47 bits per heavy atom. The Morgan fingerprint density at radius 2 is 2.00 bits per heavy atom. The van der Waals surface area contributed by atoms with Gasteiger partial charge in [-0.1, -0.05) is 25.4 Å². The summed E-state index contributed by atoms with van der Waals surface area (Å²) in [5.74, 6) is -1.23. The third-order valence-corrected chi connectivity index (χ3v) is 3.16. The van der Waals surface area contributed by atoms with Crippen LogP contribution in [0.2, 0.25) is 5.02 Å². The van der Waals surface area contributed by atoms with Gasteiger partial charge in [0, 0.05) is 10.6 Å². The second-order valence-corrected chi connectivity index (χ2v) is 4.71. The van der Waals surface area contributed by atoms with E-state index in [-0.39, 0.29) is 17.2 Å². The second kappa shape index (κ2) is 4.94. The first kappa shape index (κ1) is 13.8. The van der Waals surface area contributed by atoms with Gasteiger partial charge in [-0.05, 0) is 30.0 Å². The molecule has 0 saturated heterocycles. The van der Waals surface area contributed by atoms with Gasteiger partial charge in [-0.15, -0.1) is 0 Å². The highest BCUT2D eigenvalue weighted by Crippen LogP contribution is 2.38. The van der Waals surface area contributed by atoms with E-state index in [2.05, 4.69) is 0 Å². The van der Waals surface area contributed by atoms with Crippen LogP contribution in [0.25, 0.3) is 0 Å². The molecule has 4 N–H and O–H groups in total. The van der Waals surface area contributed by atoms with Crippen LogP contribution >= 0.6 is 11.6 Å². The molecular formula is C12H16ClNO3. The van der Waals surface area contributed by atoms with Crippen molar-refractivity contribution in [3.8, 4) is 5.75 Å². The lowest BCUT2D eigenvalue weighted by atomic mass is 9.92. The molecular weight excluding hydrogens is 242 g/mol. The average Bonchev–Trinajstić information content (AvgIpc) is 2.22. The molecule has 0 aromatic heterocycles. The van der Waals surface area contributed by atoms with Gasteiger partial charge in [-0.3, -0.25) is 4.79 Å². The molecule has 5 heteroatoms. The number of aliphatic carboxylic acids is 1. The molecule has 94 valence electrons. The Balaban J connectivity index is 3.52. The number of nitrogens with two attached hydrogens (primary N) is 1. The minimum Gasteiger partial charge on any atom is -0.507 e. The number of carbonyl (C=O) groups is 1. The van der Waals surface area contributed by atoms with Gasteiger partial charge < -0.3 is 15.9 Å². The van der Waals surface area contributed by atoms with Crippen molar-refractivity contribution in [3.63, 3.8) is 0 Å². The van der Waals surface area contributed by atoms with E-state index in [9.17, 15) is 9.90 Å². The molecule has 0 aliphatic rings. The minimum absolute atomic E-state index is 0.0350. The van der Waals surface area contributed by atoms with Crippen LogP contribution in [-0.4, -0.2) is 16.2 Å². The normalized spacial score (nSPS) is 12.8. The summed E-state index contributed by atoms with van der Waals surface area (Å²) in [5, 5.41) is 19.4. The van der Waals surface area contributed by atoms with Crippen molar-refractivity contribution in [3.05, 3.63) is 27.8 Å². The van der Waals surface area contributed by atoms with Gasteiger partial charge in [-0.2, -0.15) is 0 Å². The van der Waals surface area contributed by atoms with Crippen molar-refractivity contribution in [2.45, 2.75) is 32.7 Å². The van der Waals surface area contributed by atoms with Crippen LogP contribution in [0, 0.1) is 6.92 Å². The number of halogens is 1. The van der Waals surface area contributed by atoms with Crippen LogP contribution in [0.4, 0.5) is 0 Å². The smallest absolute Gasteiger partial charge is 0.325 e. The van der Waals surface area contributed by atoms with E-state index in [0.717, 1.165) is 0 Å². The molecule has 0 heterocycles. The molecule has 0 aliphatic heterocycles. The Hall–Kier alpha value is -1.26. The summed E-state index contributed by atoms with van der Waals surface area (Å²) < 4.78 is 0. The Labute approximate surface area is 105 Å². The maximum atomic E-state index is 10.9. The molecule has 0 saturated carbocycles. The van der Waals surface area contributed by atoms with Crippen molar-refractivity contribution in [2.24, 2.45) is 5.73 Å². The van der Waals surface area contributed by atoms with Gasteiger partial charge in [0.2, 0.25) is 0 Å². The van der Waals surface area contributed by atoms with Gasteiger partial charge in [0.05, 0.1) is 0 Å². The summed E-state index contributed by atoms with van der Waals surface area (Å²) in [7, 11) is 0. The number of hydrogen-bond acceptors (Lipinski definition) is 3. The second-order valence-electron chi connectivity index (χ2n) is 4.31. The molecule has 1 atom stereocenters. The van der Waals surface area contributed by atoms with Gasteiger partial charge in [0.15, 0.2) is 0 Å². The zero-order chi connectivity index (χ0) is 13.3. The van der Waals surface area contributed by atoms with E-state index in [0.29, 0.717) is 16.1 Å². The lowest BCUT2D eigenvalue weighted by Crippen LogP contribution is -2.22. The average molecular weight is 258 g/mol. The van der Waals surface area contributed by atoms with Crippen LogP contribution < -0.4 is 5.73 Å². The van der Waals surface area contributed by atoms with Crippen LogP contribution in [0.1, 0.15) is 42.5 Å². The quantitative estimate of drug-likeness (QED) is 0.777. The number of rotatable bonds is 3. The first-order valence-electron chi connectivity index (χ1n) is 5.27. The molecule has 0 spiro atoms. The van der Waals surface area contributed by atoms with Gasteiger partial charge >= 0.3 is 5.97 Å². The molecule has 0 aliphatic carbocycles. The zero-order valence-electron chi connectivity index (χ0n) is 9.99. The van der Waals surface area contributed by atoms with Crippen LogP contribution in [0.15, 0.2) is 6.07 Å². The Bertz CT molecular complexity index is 458. The molecule has 1 unspecified atom stereocenters. The highest BCUT2D eigenvalue weighted by molar-refractivity contribution is 6.31. The predicted octanol–water partition coefficient (Wildman–Crippen LogP) is 2.56. The van der Waals surface area contributed by atoms with Crippen LogP contribution in [-0.2, 0) is 4.79 Å². The minimum atomic E-state index is -1.27. The summed E-state index contributed by atoms with van der Waals surface area (Å²) in [6, 6.07) is 0.376. The van der Waals surface area contributed by atoms with E-state index >= 15 is 0 Å². The number of phenols is 1. The predicted molar refractivity (Wildman–Crippen MR) is 66.5 cm³/mol. The molecule has 0 radical (unpaired) electrons. The van der Waals surface area contributed by atoms with Crippen molar-refractivity contribution in [1.82, 2.24) is 0 Å². The summed E-state index contributed by atoms with van der Waals surface area (Å²) in [6.45, 7) is 5.41. The molecule has 17 heavy (non-hydrogen) atoms. The summed E-state index contributed by atoms with van der Waals surface area (Å²) >= 11 is 6.02. The fourth-order valence-corrected chi connectivity index (χ4v) is 1.94. The van der Waals surface area contributed by atoms with E-state index in [1.54, 1.807) is 13.0 Å². The maximum Gasteiger partial charge on any atom is 0.325 e. The topological polar surface area (TPSA) is 83.5 Å². The molecule has 0 fully saturated rings. The van der Waals surface area contributed by atoms with Gasteiger partial charge in [0.1, 0.15) is 11.8 Å². The summed E-state index contributed by atoms with van der Waals surface area (Å²) in [5.41, 5.74) is 6.85. The van der Waals surface area contributed by atoms with Crippen molar-refractivity contribution in [1.29, 1.82) is 0 Å². The highest BCUT2D eigenvalue weighted by atomic mass is 35.5. The lowest BCUT2D eigenvalue weighted by molar-refractivity contribution is -0.138. The first-order valence-corrected chi connectivity index (χ1v) is 5.65. The van der Waals surface area contributed by atoms with E-state index in [4.69, 9.17) is 22.4 Å². The van der Waals surface area contributed by atoms with Gasteiger partial charge in [0.25, 0.3) is 0 Å². The number of benzene rings is 1. The zero-order valence-corrected chi connectivity index (χ0v) is 10.7. The van der Waals surface area contributed by atoms with Crippen LogP contribution in [0.5, 0.6) is 5.75 Å². The van der Waals surface area contributed by atoms with E-state index < -0.39 is 12.0 Å². The molecule has 1 aromatic rings. The largest absolute Gasteiger partial charge is 0.507 e. The monoisotopic (exact) mass is 257 g/mol. The van der Waals surface area contributed by atoms with Crippen LogP contribution in [0.3, 0.4) is 0 Å². The van der Waals surface area contributed by atoms with E-state index in [1.807, 2.05) is 13.8 Å². The number of phenolic OH excluding ortho intramolecular Hbond substituents is 1. The third-order valence-electron chi connectivity index (χ3n) is 2.77. The highest BCUT2D eigenvalue weighted by Gasteiger charge is 2.25. The van der Waals surface area contributed by atoms with Crippen molar-refractivity contribution < 1.29 is 15.0 Å². The van der Waals surface area contributed by atoms with Gasteiger partial charge in [-0.25, -0.2) is 0 Å². The van der Waals surface area contributed by atoms with Crippen molar-refractivity contribution in [2.75, 3.05) is 0 Å². The van der Waals surface area contributed by atoms with E-state index in [1.165, 1.54) is 0 Å². The Kier molecular flexibility index (Phi) is 4.01. The standard InChI is InChI=1S/C12H16ClNO3/c1-5(2)7-4-8(13)6(3)9(11(7)15)10(14)12(16)17/h4-5,10,15H,14H2,1-3H3,(H,16,17). The SMILES string of the molecule is Cc1c(Cl)cc(C(C)C)c(O)c1C(N)C(=O)O. The summed E-state index contributed by atoms with van der Waals surface area (Å²) in [4.78, 5) is 10.9. The number of hydrogen-bond donors (Lipinski definition) is 3. The molecule has 4 nitrogen and oxygen atoms in total. The molecule has 1 rings (SSSR count). The third kappa shape index (κ3) is 2.53. The number of carboxylic acid groups (broad SMARTS) is 1. The number of carboxylic acids is 1. The molecule has 0 bridgehead atoms. The first-order chi connectivity index (χ1) is 7.77. The summed E-state index contributed by atoms with van der Waals surface area (Å²) in [6.07, 6.45) is 0. The maximum absolute atomic E-state index is 10.9. The lowest BCUT2D eigenvalue weighted by Gasteiger charge is -2.18. The number of aromatic hydroxyl groups is 1.